The molecule has 5 rings (SSSR count). The first kappa shape index (κ1) is 23.6. The molecule has 2 N–H and O–H groups in total. The van der Waals surface area contributed by atoms with Crippen LogP contribution in [0.2, 0.25) is 0 Å². The number of nitrogens with zero attached hydrogens (tertiary/aromatic N) is 2. The minimum Gasteiger partial charge on any atom is -0.448 e. The molecule has 0 aliphatic rings. The fraction of sp³-hybridized carbons (Fsp3) is 0.0357. The Balaban J connectivity index is 1.15. The van der Waals surface area contributed by atoms with Gasteiger partial charge in [-0.05, 0) is 55.5 Å². The van der Waals surface area contributed by atoms with Crippen molar-refractivity contribution in [1.82, 2.24) is 10.4 Å². The number of carbonyl (C=O) groups excluding carboxylic acids is 1. The van der Waals surface area contributed by atoms with E-state index in [2.05, 4.69) is 39.9 Å². The van der Waals surface area contributed by atoms with Gasteiger partial charge in [-0.2, -0.15) is 5.10 Å². The molecule has 3 aromatic carbocycles. The maximum absolute atomic E-state index is 12.5. The molecule has 0 atom stereocenters. The summed E-state index contributed by atoms with van der Waals surface area (Å²) in [6.07, 6.45) is 1.49. The Labute approximate surface area is 217 Å². The zero-order valence-corrected chi connectivity index (χ0v) is 21.0. The minimum absolute atomic E-state index is 0.303. The second kappa shape index (κ2) is 11.1. The van der Waals surface area contributed by atoms with Crippen LogP contribution in [-0.2, 0) is 0 Å². The number of furan rings is 1. The smallest absolute Gasteiger partial charge is 0.271 e. The molecule has 1 amide bonds. The molecule has 0 fully saturated rings. The molecule has 0 saturated heterocycles. The molecule has 0 spiro atoms. The normalized spacial score (nSPS) is 11.0. The maximum Gasteiger partial charge on any atom is 0.271 e. The quantitative estimate of drug-likeness (QED) is 0.168. The molecule has 0 aliphatic heterocycles. The Morgan fingerprint density at radius 3 is 2.53 bits per heavy atom. The van der Waals surface area contributed by atoms with Gasteiger partial charge >= 0.3 is 0 Å². The Bertz CT molecular complexity index is 1470. The molecular formula is C28H22N4O2S2. The fourth-order valence-corrected chi connectivity index (χ4v) is 4.84. The van der Waals surface area contributed by atoms with E-state index in [4.69, 9.17) is 4.42 Å². The third-order valence-electron chi connectivity index (χ3n) is 5.17. The highest BCUT2D eigenvalue weighted by molar-refractivity contribution is 7.99. The molecule has 8 heteroatoms. The summed E-state index contributed by atoms with van der Waals surface area (Å²) in [5.41, 5.74) is 7.03. The van der Waals surface area contributed by atoms with Crippen molar-refractivity contribution < 1.29 is 9.21 Å². The summed E-state index contributed by atoms with van der Waals surface area (Å²) < 4.78 is 5.74. The average molecular weight is 511 g/mol. The summed E-state index contributed by atoms with van der Waals surface area (Å²) in [6, 6.07) is 29.1. The second-order valence-corrected chi connectivity index (χ2v) is 9.81. The number of aromatic nitrogens is 1. The molecule has 2 aromatic heterocycles. The zero-order valence-electron chi connectivity index (χ0n) is 19.3. The highest BCUT2D eigenvalue weighted by Crippen LogP contribution is 2.29. The number of carbonyl (C=O) groups is 1. The minimum atomic E-state index is -0.303. The van der Waals surface area contributed by atoms with Crippen molar-refractivity contribution in [3.8, 4) is 11.3 Å². The highest BCUT2D eigenvalue weighted by atomic mass is 32.2. The predicted molar refractivity (Wildman–Crippen MR) is 146 cm³/mol. The molecule has 178 valence electrons. The van der Waals surface area contributed by atoms with E-state index in [1.807, 2.05) is 72.1 Å². The Kier molecular flexibility index (Phi) is 7.25. The van der Waals surface area contributed by atoms with E-state index in [-0.39, 0.29) is 5.91 Å². The first-order valence-corrected chi connectivity index (χ1v) is 12.9. The van der Waals surface area contributed by atoms with Crippen molar-refractivity contribution in [3.63, 3.8) is 0 Å². The van der Waals surface area contributed by atoms with E-state index in [0.717, 1.165) is 32.1 Å². The van der Waals surface area contributed by atoms with Crippen LogP contribution in [0.15, 0.2) is 116 Å². The van der Waals surface area contributed by atoms with Crippen molar-refractivity contribution in [2.45, 2.75) is 16.9 Å². The molecule has 0 saturated carbocycles. The van der Waals surface area contributed by atoms with E-state index in [0.29, 0.717) is 11.3 Å². The molecule has 36 heavy (non-hydrogen) atoms. The van der Waals surface area contributed by atoms with Crippen LogP contribution in [0.25, 0.3) is 11.3 Å². The lowest BCUT2D eigenvalue weighted by Crippen LogP contribution is -2.17. The summed E-state index contributed by atoms with van der Waals surface area (Å²) in [4.78, 5) is 18.2. The van der Waals surface area contributed by atoms with Gasteiger partial charge in [0.25, 0.3) is 5.91 Å². The Morgan fingerprint density at radius 2 is 1.75 bits per heavy atom. The number of benzene rings is 3. The number of amides is 1. The van der Waals surface area contributed by atoms with Gasteiger partial charge in [0.2, 0.25) is 0 Å². The van der Waals surface area contributed by atoms with E-state index in [1.54, 1.807) is 12.1 Å². The van der Waals surface area contributed by atoms with Gasteiger partial charge in [-0.1, -0.05) is 59.8 Å². The van der Waals surface area contributed by atoms with Crippen LogP contribution in [0.3, 0.4) is 0 Å². The zero-order chi connectivity index (χ0) is 24.7. The lowest BCUT2D eigenvalue weighted by Gasteiger charge is -2.03. The van der Waals surface area contributed by atoms with Crippen LogP contribution in [0, 0.1) is 6.92 Å². The molecule has 0 radical (unpaired) electrons. The Morgan fingerprint density at radius 1 is 0.972 bits per heavy atom. The number of nitrogens with one attached hydrogen (secondary N) is 2. The standard InChI is InChI=1S/C28H22N4O2S2/c1-19-7-13-22(14-8-19)30-28-31-25(18-35-28)20-9-11-21(12-10-20)27(33)32-29-17-23-15-16-26(34-23)36-24-5-3-2-4-6-24/h2-18H,1H3,(H,30,31)(H,32,33)/b29-17-. The molecule has 0 bridgehead atoms. The predicted octanol–water partition coefficient (Wildman–Crippen LogP) is 7.37. The topological polar surface area (TPSA) is 79.5 Å². The molecule has 0 aliphatic carbocycles. The lowest BCUT2D eigenvalue weighted by atomic mass is 10.1. The monoisotopic (exact) mass is 510 g/mol. The van der Waals surface area contributed by atoms with E-state index in [1.165, 1.54) is 34.9 Å². The van der Waals surface area contributed by atoms with E-state index >= 15 is 0 Å². The van der Waals surface area contributed by atoms with Gasteiger partial charge in [0.05, 0.1) is 11.9 Å². The van der Waals surface area contributed by atoms with Gasteiger partial charge < -0.3 is 9.73 Å². The van der Waals surface area contributed by atoms with E-state index < -0.39 is 0 Å². The number of anilines is 2. The van der Waals surface area contributed by atoms with Crippen molar-refractivity contribution in [3.05, 3.63) is 113 Å². The summed E-state index contributed by atoms with van der Waals surface area (Å²) >= 11 is 3.06. The van der Waals surface area contributed by atoms with Crippen LogP contribution < -0.4 is 10.7 Å². The van der Waals surface area contributed by atoms with Crippen molar-refractivity contribution in [1.29, 1.82) is 0 Å². The molecule has 6 nitrogen and oxygen atoms in total. The van der Waals surface area contributed by atoms with Gasteiger partial charge in [-0.3, -0.25) is 4.79 Å². The van der Waals surface area contributed by atoms with Crippen LogP contribution in [0.1, 0.15) is 21.7 Å². The van der Waals surface area contributed by atoms with Crippen molar-refractivity contribution in [2.75, 3.05) is 5.32 Å². The average Bonchev–Trinajstić information content (AvgIpc) is 3.56. The Hall–Kier alpha value is -4.14. The van der Waals surface area contributed by atoms with E-state index in [9.17, 15) is 4.79 Å². The SMILES string of the molecule is Cc1ccc(Nc2nc(-c3ccc(C(=O)N/N=C\c4ccc(Sc5ccccc5)o4)cc3)cs2)cc1. The van der Waals surface area contributed by atoms with Crippen LogP contribution in [-0.4, -0.2) is 17.1 Å². The van der Waals surface area contributed by atoms with Gasteiger partial charge in [-0.15, -0.1) is 11.3 Å². The first-order chi connectivity index (χ1) is 17.6. The lowest BCUT2D eigenvalue weighted by molar-refractivity contribution is 0.0955. The van der Waals surface area contributed by atoms with Crippen molar-refractivity contribution in [2.24, 2.45) is 5.10 Å². The van der Waals surface area contributed by atoms with Crippen LogP contribution >= 0.6 is 23.1 Å². The summed E-state index contributed by atoms with van der Waals surface area (Å²) in [6.45, 7) is 2.06. The molecule has 5 aromatic rings. The maximum atomic E-state index is 12.5. The molecule has 2 heterocycles. The summed E-state index contributed by atoms with van der Waals surface area (Å²) in [7, 11) is 0. The van der Waals surface area contributed by atoms with Gasteiger partial charge in [-0.25, -0.2) is 10.4 Å². The first-order valence-electron chi connectivity index (χ1n) is 11.2. The van der Waals surface area contributed by atoms with Crippen molar-refractivity contribution >= 4 is 46.0 Å². The third-order valence-corrected chi connectivity index (χ3v) is 6.86. The second-order valence-electron chi connectivity index (χ2n) is 7.88. The number of thiazole rings is 1. The number of hydrogen-bond acceptors (Lipinski definition) is 7. The summed E-state index contributed by atoms with van der Waals surface area (Å²) in [5, 5.41) is 10.9. The number of aryl methyl sites for hydroxylation is 1. The molecule has 0 unspecified atom stereocenters. The van der Waals surface area contributed by atoms with Gasteiger partial charge in [0, 0.05) is 27.1 Å². The highest BCUT2D eigenvalue weighted by Gasteiger charge is 2.09. The number of hydrazone groups is 1. The van der Waals surface area contributed by atoms with Crippen LogP contribution in [0.5, 0.6) is 0 Å². The largest absolute Gasteiger partial charge is 0.448 e. The third kappa shape index (κ3) is 6.10. The van der Waals surface area contributed by atoms with Gasteiger partial charge in [0.1, 0.15) is 5.76 Å². The van der Waals surface area contributed by atoms with Gasteiger partial charge in [0.15, 0.2) is 10.2 Å². The van der Waals surface area contributed by atoms with Crippen LogP contribution in [0.4, 0.5) is 10.8 Å². The fourth-order valence-electron chi connectivity index (χ4n) is 3.30. The number of hydrogen-bond donors (Lipinski definition) is 2. The molecular weight excluding hydrogens is 488 g/mol. The summed E-state index contributed by atoms with van der Waals surface area (Å²) in [5.74, 6) is 0.255. The number of rotatable bonds is 8.